The number of rotatable bonds is 3. The molecule has 0 saturated carbocycles. The minimum atomic E-state index is 0.0867. The first-order valence-corrected chi connectivity index (χ1v) is 6.53. The van der Waals surface area contributed by atoms with Crippen molar-refractivity contribution >= 4 is 34.4 Å². The molecule has 1 aromatic carbocycles. The Balaban J connectivity index is 2.41. The molecule has 0 saturated heterocycles. The van der Waals surface area contributed by atoms with Gasteiger partial charge in [-0.05, 0) is 28.7 Å². The van der Waals surface area contributed by atoms with Gasteiger partial charge in [-0.3, -0.25) is 0 Å². The highest BCUT2D eigenvalue weighted by atomic mass is 127. The van der Waals surface area contributed by atoms with Gasteiger partial charge in [0, 0.05) is 6.07 Å². The molecule has 0 fully saturated rings. The van der Waals surface area contributed by atoms with Crippen molar-refractivity contribution in [2.75, 3.05) is 18.6 Å². The first kappa shape index (κ1) is 14.2. The van der Waals surface area contributed by atoms with Gasteiger partial charge in [-0.1, -0.05) is 5.92 Å². The Kier molecular flexibility index (Phi) is 4.14. The molecule has 2 rings (SSSR count). The van der Waals surface area contributed by atoms with E-state index in [1.165, 1.54) is 6.20 Å². The van der Waals surface area contributed by atoms with Crippen molar-refractivity contribution in [3.8, 4) is 29.6 Å². The van der Waals surface area contributed by atoms with E-state index in [1.54, 1.807) is 19.2 Å². The van der Waals surface area contributed by atoms with Gasteiger partial charge in [0.2, 0.25) is 5.95 Å². The van der Waals surface area contributed by atoms with E-state index in [1.807, 2.05) is 0 Å². The van der Waals surface area contributed by atoms with Crippen molar-refractivity contribution in [3.05, 3.63) is 27.5 Å². The number of benzene rings is 1. The van der Waals surface area contributed by atoms with Crippen molar-refractivity contribution in [1.82, 2.24) is 9.97 Å². The lowest BCUT2D eigenvalue weighted by molar-refractivity contribution is 0.411. The fourth-order valence-corrected chi connectivity index (χ4v) is 2.04. The first-order valence-electron chi connectivity index (χ1n) is 5.45. The maximum absolute atomic E-state index is 5.72. The van der Waals surface area contributed by atoms with Crippen LogP contribution in [0.25, 0.3) is 0 Å². The zero-order valence-corrected chi connectivity index (χ0v) is 12.7. The zero-order chi connectivity index (χ0) is 14.7. The summed E-state index contributed by atoms with van der Waals surface area (Å²) in [4.78, 5) is 7.66. The van der Waals surface area contributed by atoms with Gasteiger partial charge in [0.05, 0.1) is 22.4 Å². The largest absolute Gasteiger partial charge is 0.495 e. The van der Waals surface area contributed by atoms with E-state index in [0.29, 0.717) is 22.8 Å². The van der Waals surface area contributed by atoms with Crippen molar-refractivity contribution in [3.63, 3.8) is 0 Å². The molecule has 4 N–H and O–H groups in total. The number of halogens is 1. The molecule has 2 aromatic rings. The Labute approximate surface area is 129 Å². The number of nitrogens with zero attached hydrogens (tertiary/aromatic N) is 2. The Morgan fingerprint density at radius 1 is 1.25 bits per heavy atom. The fraction of sp³-hybridized carbons (Fsp3) is 0.0769. The maximum Gasteiger partial charge on any atom is 0.222 e. The highest BCUT2D eigenvalue weighted by Crippen LogP contribution is 2.34. The van der Waals surface area contributed by atoms with Crippen molar-refractivity contribution in [1.29, 1.82) is 0 Å². The van der Waals surface area contributed by atoms with Crippen LogP contribution in [-0.2, 0) is 0 Å². The van der Waals surface area contributed by atoms with Crippen LogP contribution in [0.2, 0.25) is 0 Å². The molecule has 0 amide bonds. The van der Waals surface area contributed by atoms with Gasteiger partial charge in [0.15, 0.2) is 11.6 Å². The van der Waals surface area contributed by atoms with E-state index < -0.39 is 0 Å². The summed E-state index contributed by atoms with van der Waals surface area (Å²) in [6.07, 6.45) is 6.84. The number of terminal acetylenes is 1. The van der Waals surface area contributed by atoms with Gasteiger partial charge in [-0.15, -0.1) is 6.42 Å². The molecule has 0 bridgehead atoms. The van der Waals surface area contributed by atoms with Gasteiger partial charge in [-0.2, -0.15) is 4.98 Å². The summed E-state index contributed by atoms with van der Waals surface area (Å²) in [5, 5.41) is 0. The minimum Gasteiger partial charge on any atom is -0.495 e. The third kappa shape index (κ3) is 2.85. The number of methoxy groups -OCH3 is 1. The Hall–Kier alpha value is -2.21. The van der Waals surface area contributed by atoms with Gasteiger partial charge < -0.3 is 20.9 Å². The Morgan fingerprint density at radius 2 is 2.00 bits per heavy atom. The monoisotopic (exact) mass is 382 g/mol. The molecule has 0 unspecified atom stereocenters. The van der Waals surface area contributed by atoms with Crippen molar-refractivity contribution < 1.29 is 9.47 Å². The van der Waals surface area contributed by atoms with E-state index in [2.05, 4.69) is 38.5 Å². The fourth-order valence-electron chi connectivity index (χ4n) is 1.49. The summed E-state index contributed by atoms with van der Waals surface area (Å²) in [5.74, 6) is 4.23. The molecule has 0 radical (unpaired) electrons. The van der Waals surface area contributed by atoms with Gasteiger partial charge in [-0.25, -0.2) is 4.98 Å². The summed E-state index contributed by atoms with van der Waals surface area (Å²) in [6, 6.07) is 3.47. The van der Waals surface area contributed by atoms with Crippen LogP contribution in [0.5, 0.6) is 17.2 Å². The van der Waals surface area contributed by atoms with Gasteiger partial charge in [0.25, 0.3) is 0 Å². The highest BCUT2D eigenvalue weighted by Gasteiger charge is 2.12. The summed E-state index contributed by atoms with van der Waals surface area (Å²) < 4.78 is 11.7. The lowest BCUT2D eigenvalue weighted by Gasteiger charge is -2.12. The number of anilines is 2. The molecule has 0 spiro atoms. The first-order chi connectivity index (χ1) is 9.55. The maximum atomic E-state index is 5.72. The molecule has 20 heavy (non-hydrogen) atoms. The van der Waals surface area contributed by atoms with Crippen LogP contribution in [0.15, 0.2) is 18.3 Å². The SMILES string of the molecule is C#Cc1cc(Oc2cnc(N)nc2N)c(I)cc1OC. The second-order valence-electron chi connectivity index (χ2n) is 3.71. The topological polar surface area (TPSA) is 96.3 Å². The Morgan fingerprint density at radius 3 is 2.60 bits per heavy atom. The predicted molar refractivity (Wildman–Crippen MR) is 84.6 cm³/mol. The lowest BCUT2D eigenvalue weighted by atomic mass is 10.2. The molecule has 0 atom stereocenters. The zero-order valence-electron chi connectivity index (χ0n) is 10.6. The Bertz CT molecular complexity index is 698. The predicted octanol–water partition coefficient (Wildman–Crippen LogP) is 2.03. The molecule has 1 aromatic heterocycles. The molecule has 6 nitrogen and oxygen atoms in total. The van der Waals surface area contributed by atoms with E-state index in [0.717, 1.165) is 3.57 Å². The molecular formula is C13H11IN4O2. The minimum absolute atomic E-state index is 0.0867. The molecule has 0 aliphatic rings. The molecule has 7 heteroatoms. The highest BCUT2D eigenvalue weighted by molar-refractivity contribution is 14.1. The number of nitrogens with two attached hydrogens (primary N) is 2. The summed E-state index contributed by atoms with van der Waals surface area (Å²) in [5.41, 5.74) is 11.7. The number of ether oxygens (including phenoxy) is 2. The second kappa shape index (κ2) is 5.83. The van der Waals surface area contributed by atoms with Crippen LogP contribution < -0.4 is 20.9 Å². The van der Waals surface area contributed by atoms with Crippen LogP contribution in [0.1, 0.15) is 5.56 Å². The smallest absolute Gasteiger partial charge is 0.222 e. The van der Waals surface area contributed by atoms with Crippen LogP contribution in [0, 0.1) is 15.9 Å². The van der Waals surface area contributed by atoms with Crippen LogP contribution in [0.4, 0.5) is 11.8 Å². The summed E-state index contributed by atoms with van der Waals surface area (Å²) >= 11 is 2.11. The number of hydrogen-bond donors (Lipinski definition) is 2. The van der Waals surface area contributed by atoms with E-state index in [4.69, 9.17) is 27.4 Å². The summed E-state index contributed by atoms with van der Waals surface area (Å²) in [7, 11) is 1.55. The quantitative estimate of drug-likeness (QED) is 0.623. The third-order valence-corrected chi connectivity index (χ3v) is 3.27. The van der Waals surface area contributed by atoms with Gasteiger partial charge >= 0.3 is 0 Å². The lowest BCUT2D eigenvalue weighted by Crippen LogP contribution is -2.02. The van der Waals surface area contributed by atoms with Crippen molar-refractivity contribution in [2.45, 2.75) is 0 Å². The summed E-state index contributed by atoms with van der Waals surface area (Å²) in [6.45, 7) is 0. The molecule has 1 heterocycles. The second-order valence-corrected chi connectivity index (χ2v) is 4.87. The van der Waals surface area contributed by atoms with Crippen LogP contribution in [0.3, 0.4) is 0 Å². The van der Waals surface area contributed by atoms with E-state index in [9.17, 15) is 0 Å². The normalized spacial score (nSPS) is 9.85. The average Bonchev–Trinajstić information content (AvgIpc) is 2.43. The molecule has 0 aliphatic heterocycles. The average molecular weight is 382 g/mol. The molecular weight excluding hydrogens is 371 g/mol. The van der Waals surface area contributed by atoms with Crippen LogP contribution >= 0.6 is 22.6 Å². The standard InChI is InChI=1S/C13H11IN4O2/c1-3-7-4-10(8(14)5-9(7)19-2)20-11-6-17-13(16)18-12(11)15/h1,4-6H,2H3,(H4,15,16,17,18). The number of hydrogen-bond acceptors (Lipinski definition) is 6. The molecule has 102 valence electrons. The van der Waals surface area contributed by atoms with E-state index >= 15 is 0 Å². The molecule has 0 aliphatic carbocycles. The number of nitrogen functional groups attached to an aromatic ring is 2. The van der Waals surface area contributed by atoms with Crippen molar-refractivity contribution in [2.24, 2.45) is 0 Å². The van der Waals surface area contributed by atoms with Crippen LogP contribution in [-0.4, -0.2) is 17.1 Å². The van der Waals surface area contributed by atoms with E-state index in [-0.39, 0.29) is 11.8 Å². The number of aromatic nitrogens is 2. The third-order valence-electron chi connectivity index (χ3n) is 2.43. The van der Waals surface area contributed by atoms with Gasteiger partial charge in [0.1, 0.15) is 11.5 Å².